The number of halogens is 3. The Bertz CT molecular complexity index is 814. The number of alkyl halides is 1. The van der Waals surface area contributed by atoms with Crippen molar-refractivity contribution in [3.63, 3.8) is 0 Å². The monoisotopic (exact) mass is 307 g/mol. The summed E-state index contributed by atoms with van der Waals surface area (Å²) in [6, 6.07) is 7.23. The molecule has 3 rings (SSSR count). The number of nitrogens with zero attached hydrogens (tertiary/aromatic N) is 3. The van der Waals surface area contributed by atoms with Crippen LogP contribution in [0, 0.1) is 18.6 Å². The number of hydrogen-bond acceptors (Lipinski definition) is 2. The number of aromatic nitrogens is 3. The predicted octanol–water partition coefficient (Wildman–Crippen LogP) is 3.81. The van der Waals surface area contributed by atoms with Crippen LogP contribution in [0.1, 0.15) is 17.1 Å². The van der Waals surface area contributed by atoms with Crippen LogP contribution in [0.5, 0.6) is 0 Å². The number of pyridine rings is 1. The second-order valence-corrected chi connectivity index (χ2v) is 5.05. The summed E-state index contributed by atoms with van der Waals surface area (Å²) < 4.78 is 28.6. The van der Waals surface area contributed by atoms with Crippen molar-refractivity contribution in [1.29, 1.82) is 0 Å². The van der Waals surface area contributed by atoms with Crippen molar-refractivity contribution in [2.75, 3.05) is 0 Å². The Hall–Kier alpha value is -2.01. The summed E-state index contributed by atoms with van der Waals surface area (Å²) in [5.41, 5.74) is 2.56. The van der Waals surface area contributed by atoms with E-state index >= 15 is 0 Å². The average Bonchev–Trinajstić information content (AvgIpc) is 2.79. The molecule has 0 radical (unpaired) electrons. The first kappa shape index (κ1) is 13.9. The van der Waals surface area contributed by atoms with Crippen LogP contribution in [0.15, 0.2) is 30.3 Å². The van der Waals surface area contributed by atoms with Gasteiger partial charge in [0.1, 0.15) is 23.0 Å². The van der Waals surface area contributed by atoms with E-state index in [2.05, 4.69) is 9.97 Å². The van der Waals surface area contributed by atoms with Crippen molar-refractivity contribution in [2.45, 2.75) is 19.3 Å². The number of hydrogen-bond donors (Lipinski definition) is 0. The third-order valence-corrected chi connectivity index (χ3v) is 3.51. The molecule has 2 heterocycles. The van der Waals surface area contributed by atoms with Gasteiger partial charge in [0, 0.05) is 17.3 Å². The fourth-order valence-corrected chi connectivity index (χ4v) is 2.44. The maximum atomic E-state index is 13.8. The van der Waals surface area contributed by atoms with Gasteiger partial charge >= 0.3 is 0 Å². The van der Waals surface area contributed by atoms with Gasteiger partial charge in [0.15, 0.2) is 5.65 Å². The van der Waals surface area contributed by atoms with Crippen molar-refractivity contribution >= 4 is 22.8 Å². The van der Waals surface area contributed by atoms with Crippen LogP contribution in [0.3, 0.4) is 0 Å². The molecule has 0 aliphatic rings. The molecular formula is C15H12ClF2N3. The summed E-state index contributed by atoms with van der Waals surface area (Å²) in [5, 5.41) is 0. The van der Waals surface area contributed by atoms with Crippen molar-refractivity contribution in [3.05, 3.63) is 59.0 Å². The van der Waals surface area contributed by atoms with Crippen LogP contribution in [-0.2, 0) is 12.4 Å². The molecule has 0 N–H and O–H groups in total. The third kappa shape index (κ3) is 2.61. The van der Waals surface area contributed by atoms with Crippen LogP contribution in [-0.4, -0.2) is 14.5 Å². The molecule has 0 aliphatic heterocycles. The van der Waals surface area contributed by atoms with E-state index in [4.69, 9.17) is 11.6 Å². The van der Waals surface area contributed by atoms with Gasteiger partial charge in [-0.15, -0.1) is 11.6 Å². The molecule has 3 aromatic rings. The number of imidazole rings is 1. The molecule has 108 valence electrons. The summed E-state index contributed by atoms with van der Waals surface area (Å²) in [6.07, 6.45) is 0. The van der Waals surface area contributed by atoms with Gasteiger partial charge in [0.2, 0.25) is 0 Å². The van der Waals surface area contributed by atoms with Crippen molar-refractivity contribution in [2.24, 2.45) is 0 Å². The van der Waals surface area contributed by atoms with Gasteiger partial charge in [-0.1, -0.05) is 6.07 Å². The lowest BCUT2D eigenvalue weighted by atomic mass is 10.2. The zero-order valence-corrected chi connectivity index (χ0v) is 12.0. The van der Waals surface area contributed by atoms with Crippen molar-refractivity contribution in [3.8, 4) is 0 Å². The van der Waals surface area contributed by atoms with E-state index in [0.29, 0.717) is 22.6 Å². The number of aryl methyl sites for hydroxylation is 1. The summed E-state index contributed by atoms with van der Waals surface area (Å²) in [7, 11) is 0. The highest BCUT2D eigenvalue weighted by Crippen LogP contribution is 2.19. The standard InChI is InChI=1S/C15H12ClF2N3/c1-9-2-5-13-15(19-9)21(14(7-16)20-13)8-10-3-4-11(17)6-12(10)18/h2-6H,7-8H2,1H3. The molecule has 0 saturated carbocycles. The van der Waals surface area contributed by atoms with Gasteiger partial charge in [0.25, 0.3) is 0 Å². The van der Waals surface area contributed by atoms with E-state index in [-0.39, 0.29) is 12.4 Å². The largest absolute Gasteiger partial charge is 0.307 e. The van der Waals surface area contributed by atoms with Crippen molar-refractivity contribution < 1.29 is 8.78 Å². The topological polar surface area (TPSA) is 30.7 Å². The fourth-order valence-electron chi connectivity index (χ4n) is 2.23. The first-order valence-corrected chi connectivity index (χ1v) is 6.94. The lowest BCUT2D eigenvalue weighted by molar-refractivity contribution is 0.566. The Morgan fingerprint density at radius 2 is 1.95 bits per heavy atom. The van der Waals surface area contributed by atoms with Crippen LogP contribution in [0.4, 0.5) is 8.78 Å². The first-order chi connectivity index (χ1) is 10.1. The molecule has 0 unspecified atom stereocenters. The Morgan fingerprint density at radius 1 is 1.14 bits per heavy atom. The molecular weight excluding hydrogens is 296 g/mol. The zero-order chi connectivity index (χ0) is 15.0. The molecule has 3 nitrogen and oxygen atoms in total. The number of benzene rings is 1. The molecule has 1 aromatic carbocycles. The molecule has 0 saturated heterocycles. The van der Waals surface area contributed by atoms with E-state index in [1.807, 2.05) is 19.1 Å². The summed E-state index contributed by atoms with van der Waals surface area (Å²) in [5.74, 6) is -0.394. The minimum Gasteiger partial charge on any atom is -0.307 e. The van der Waals surface area contributed by atoms with E-state index < -0.39 is 11.6 Å². The van der Waals surface area contributed by atoms with Crippen LogP contribution < -0.4 is 0 Å². The normalized spacial score (nSPS) is 11.2. The molecule has 0 amide bonds. The predicted molar refractivity (Wildman–Crippen MR) is 77.3 cm³/mol. The van der Waals surface area contributed by atoms with Gasteiger partial charge in [-0.3, -0.25) is 0 Å². The fraction of sp³-hybridized carbons (Fsp3) is 0.200. The SMILES string of the molecule is Cc1ccc2nc(CCl)n(Cc3ccc(F)cc3F)c2n1. The molecule has 0 aliphatic carbocycles. The molecule has 0 spiro atoms. The van der Waals surface area contributed by atoms with Gasteiger partial charge in [0.05, 0.1) is 12.4 Å². The molecule has 0 atom stereocenters. The average molecular weight is 308 g/mol. The minimum absolute atomic E-state index is 0.193. The number of fused-ring (bicyclic) bond motifs is 1. The Labute approximate surface area is 125 Å². The minimum atomic E-state index is -0.599. The van der Waals surface area contributed by atoms with Crippen molar-refractivity contribution in [1.82, 2.24) is 14.5 Å². The van der Waals surface area contributed by atoms with Gasteiger partial charge in [-0.25, -0.2) is 18.7 Å². The maximum Gasteiger partial charge on any atom is 0.160 e. The Kier molecular flexibility index (Phi) is 3.59. The third-order valence-electron chi connectivity index (χ3n) is 3.27. The zero-order valence-electron chi connectivity index (χ0n) is 11.3. The van der Waals surface area contributed by atoms with Gasteiger partial charge in [-0.2, -0.15) is 0 Å². The molecule has 6 heteroatoms. The van der Waals surface area contributed by atoms with Crippen LogP contribution >= 0.6 is 11.6 Å². The highest BCUT2D eigenvalue weighted by Gasteiger charge is 2.14. The molecule has 2 aromatic heterocycles. The Balaban J connectivity index is 2.12. The molecule has 0 fully saturated rings. The van der Waals surface area contributed by atoms with E-state index in [9.17, 15) is 8.78 Å². The quantitative estimate of drug-likeness (QED) is 0.689. The van der Waals surface area contributed by atoms with E-state index in [1.54, 1.807) is 4.57 Å². The van der Waals surface area contributed by atoms with Gasteiger partial charge in [-0.05, 0) is 25.1 Å². The molecule has 21 heavy (non-hydrogen) atoms. The van der Waals surface area contributed by atoms with Crippen LogP contribution in [0.25, 0.3) is 11.2 Å². The molecule has 0 bridgehead atoms. The van der Waals surface area contributed by atoms with Gasteiger partial charge < -0.3 is 4.57 Å². The maximum absolute atomic E-state index is 13.8. The van der Waals surface area contributed by atoms with Crippen LogP contribution in [0.2, 0.25) is 0 Å². The Morgan fingerprint density at radius 3 is 2.67 bits per heavy atom. The lowest BCUT2D eigenvalue weighted by Crippen LogP contribution is -2.07. The second-order valence-electron chi connectivity index (χ2n) is 4.78. The summed E-state index contributed by atoms with van der Waals surface area (Å²) in [6.45, 7) is 2.08. The lowest BCUT2D eigenvalue weighted by Gasteiger charge is -2.08. The summed E-state index contributed by atoms with van der Waals surface area (Å²) >= 11 is 5.91. The second kappa shape index (κ2) is 5.41. The first-order valence-electron chi connectivity index (χ1n) is 6.41. The van der Waals surface area contributed by atoms with E-state index in [1.165, 1.54) is 12.1 Å². The smallest absolute Gasteiger partial charge is 0.160 e. The summed E-state index contributed by atoms with van der Waals surface area (Å²) in [4.78, 5) is 8.82. The highest BCUT2D eigenvalue weighted by molar-refractivity contribution is 6.16. The van der Waals surface area contributed by atoms with E-state index in [0.717, 1.165) is 11.8 Å². The number of rotatable bonds is 3. The highest BCUT2D eigenvalue weighted by atomic mass is 35.5.